The summed E-state index contributed by atoms with van der Waals surface area (Å²) in [4.78, 5) is 28.6. The van der Waals surface area contributed by atoms with Gasteiger partial charge in [0.15, 0.2) is 0 Å². The van der Waals surface area contributed by atoms with Crippen molar-refractivity contribution < 1.29 is 18.0 Å². The second-order valence-corrected chi connectivity index (χ2v) is 10.2. The minimum absolute atomic E-state index is 0.268. The lowest BCUT2D eigenvalue weighted by molar-refractivity contribution is -0.114. The van der Waals surface area contributed by atoms with Crippen molar-refractivity contribution in [2.24, 2.45) is 0 Å². The van der Waals surface area contributed by atoms with E-state index in [1.54, 1.807) is 24.3 Å². The standard InChI is InChI=1S/C24H23N3O4S/c1-17-6-9-22-21(14-17)23(28)24(29)27(22)16-25-10-12-26(13-11-25)32(30,31)20-8-7-18-4-2-3-5-19(18)15-20/h2-9,14-15H,10-13,16H2,1H3. The molecule has 2 heterocycles. The summed E-state index contributed by atoms with van der Waals surface area (Å²) >= 11 is 0. The van der Waals surface area contributed by atoms with E-state index in [9.17, 15) is 18.0 Å². The van der Waals surface area contributed by atoms with Gasteiger partial charge in [0.05, 0.1) is 22.8 Å². The minimum Gasteiger partial charge on any atom is -0.291 e. The molecule has 32 heavy (non-hydrogen) atoms. The lowest BCUT2D eigenvalue weighted by Gasteiger charge is -2.35. The zero-order valence-corrected chi connectivity index (χ0v) is 18.5. The van der Waals surface area contributed by atoms with Crippen LogP contribution >= 0.6 is 0 Å². The summed E-state index contributed by atoms with van der Waals surface area (Å²) in [6.45, 7) is 3.76. The molecule has 3 aromatic carbocycles. The second kappa shape index (κ2) is 7.81. The molecule has 2 aliphatic rings. The van der Waals surface area contributed by atoms with Crippen LogP contribution in [0.2, 0.25) is 0 Å². The molecule has 1 saturated heterocycles. The number of carbonyl (C=O) groups is 2. The molecular formula is C24H23N3O4S. The molecule has 2 aliphatic heterocycles. The summed E-state index contributed by atoms with van der Waals surface area (Å²) in [6.07, 6.45) is 0. The van der Waals surface area contributed by atoms with Gasteiger partial charge in [-0.05, 0) is 42.0 Å². The number of hydrogen-bond acceptors (Lipinski definition) is 5. The molecule has 0 atom stereocenters. The molecule has 5 rings (SSSR count). The van der Waals surface area contributed by atoms with Crippen LogP contribution in [0.4, 0.5) is 5.69 Å². The predicted octanol–water partition coefficient (Wildman–Crippen LogP) is 2.64. The molecule has 0 spiro atoms. The molecule has 0 saturated carbocycles. The number of amides is 1. The molecule has 3 aromatic rings. The van der Waals surface area contributed by atoms with Gasteiger partial charge >= 0.3 is 5.91 Å². The van der Waals surface area contributed by atoms with Crippen LogP contribution in [-0.4, -0.2) is 62.2 Å². The fourth-order valence-electron chi connectivity index (χ4n) is 4.34. The molecule has 8 heteroatoms. The number of aryl methyl sites for hydroxylation is 1. The Bertz CT molecular complexity index is 1340. The fourth-order valence-corrected chi connectivity index (χ4v) is 5.80. The predicted molar refractivity (Wildman–Crippen MR) is 122 cm³/mol. The zero-order valence-electron chi connectivity index (χ0n) is 17.7. The van der Waals surface area contributed by atoms with Crippen LogP contribution in [-0.2, 0) is 14.8 Å². The van der Waals surface area contributed by atoms with Gasteiger partial charge in [-0.15, -0.1) is 0 Å². The van der Waals surface area contributed by atoms with Crippen molar-refractivity contribution in [3.63, 3.8) is 0 Å². The smallest absolute Gasteiger partial charge is 0.291 e. The number of benzene rings is 3. The van der Waals surface area contributed by atoms with E-state index in [0.717, 1.165) is 16.3 Å². The first kappa shape index (κ1) is 20.8. The zero-order chi connectivity index (χ0) is 22.5. The van der Waals surface area contributed by atoms with E-state index in [4.69, 9.17) is 0 Å². The maximum absolute atomic E-state index is 13.2. The molecule has 0 aromatic heterocycles. The Morgan fingerprint density at radius 1 is 0.844 bits per heavy atom. The maximum atomic E-state index is 13.2. The van der Waals surface area contributed by atoms with Crippen molar-refractivity contribution >= 4 is 38.2 Å². The number of carbonyl (C=O) groups excluding carboxylic acids is 2. The first-order chi connectivity index (χ1) is 15.3. The van der Waals surface area contributed by atoms with Gasteiger partial charge in [-0.1, -0.05) is 42.0 Å². The highest BCUT2D eigenvalue weighted by atomic mass is 32.2. The van der Waals surface area contributed by atoms with Gasteiger partial charge in [0, 0.05) is 26.2 Å². The number of sulfonamides is 1. The van der Waals surface area contributed by atoms with Crippen molar-refractivity contribution in [1.29, 1.82) is 0 Å². The van der Waals surface area contributed by atoms with Crippen molar-refractivity contribution in [2.75, 3.05) is 37.7 Å². The summed E-state index contributed by atoms with van der Waals surface area (Å²) < 4.78 is 27.8. The van der Waals surface area contributed by atoms with E-state index < -0.39 is 21.7 Å². The Kier molecular flexibility index (Phi) is 5.08. The fraction of sp³-hybridized carbons (Fsp3) is 0.250. The Balaban J connectivity index is 1.29. The molecule has 1 fully saturated rings. The van der Waals surface area contributed by atoms with E-state index in [2.05, 4.69) is 0 Å². The van der Waals surface area contributed by atoms with Crippen LogP contribution in [0, 0.1) is 6.92 Å². The largest absolute Gasteiger partial charge is 0.300 e. The highest BCUT2D eigenvalue weighted by molar-refractivity contribution is 7.89. The highest BCUT2D eigenvalue weighted by Crippen LogP contribution is 2.30. The number of Topliss-reactive ketones (excluding diaryl/α,β-unsaturated/α-hetero) is 1. The summed E-state index contributed by atoms with van der Waals surface area (Å²) in [5.74, 6) is -1.02. The molecular weight excluding hydrogens is 426 g/mol. The van der Waals surface area contributed by atoms with Crippen molar-refractivity contribution in [3.05, 3.63) is 71.8 Å². The van der Waals surface area contributed by atoms with Crippen molar-refractivity contribution in [2.45, 2.75) is 11.8 Å². The van der Waals surface area contributed by atoms with Crippen LogP contribution < -0.4 is 4.90 Å². The summed E-state index contributed by atoms with van der Waals surface area (Å²) in [5.41, 5.74) is 1.99. The number of nitrogens with zero attached hydrogens (tertiary/aromatic N) is 3. The first-order valence-corrected chi connectivity index (χ1v) is 12.0. The Labute approximate surface area is 186 Å². The van der Waals surface area contributed by atoms with E-state index >= 15 is 0 Å². The quantitative estimate of drug-likeness (QED) is 0.573. The van der Waals surface area contributed by atoms with E-state index in [0.29, 0.717) is 37.4 Å². The van der Waals surface area contributed by atoms with Gasteiger partial charge in [-0.25, -0.2) is 8.42 Å². The Hall–Kier alpha value is -3.07. The molecule has 0 aliphatic carbocycles. The number of rotatable bonds is 4. The third-order valence-corrected chi connectivity index (χ3v) is 8.05. The van der Waals surface area contributed by atoms with E-state index in [1.165, 1.54) is 9.21 Å². The Morgan fingerprint density at radius 2 is 1.56 bits per heavy atom. The molecule has 164 valence electrons. The second-order valence-electron chi connectivity index (χ2n) is 8.26. The van der Waals surface area contributed by atoms with Gasteiger partial charge in [0.2, 0.25) is 10.0 Å². The van der Waals surface area contributed by atoms with E-state index in [1.807, 2.05) is 48.2 Å². The monoisotopic (exact) mass is 449 g/mol. The van der Waals surface area contributed by atoms with Crippen LogP contribution in [0.3, 0.4) is 0 Å². The van der Waals surface area contributed by atoms with E-state index in [-0.39, 0.29) is 11.6 Å². The normalized spacial score (nSPS) is 17.8. The van der Waals surface area contributed by atoms with Gasteiger partial charge < -0.3 is 0 Å². The number of anilines is 1. The van der Waals surface area contributed by atoms with Crippen LogP contribution in [0.5, 0.6) is 0 Å². The average molecular weight is 450 g/mol. The lowest BCUT2D eigenvalue weighted by Crippen LogP contribution is -2.52. The summed E-state index contributed by atoms with van der Waals surface area (Å²) in [5, 5.41) is 1.88. The molecule has 0 bridgehead atoms. The third-order valence-electron chi connectivity index (χ3n) is 6.16. The molecule has 0 unspecified atom stereocenters. The number of hydrogen-bond donors (Lipinski definition) is 0. The average Bonchev–Trinajstić information content (AvgIpc) is 3.03. The van der Waals surface area contributed by atoms with Gasteiger partial charge in [-0.3, -0.25) is 19.4 Å². The SMILES string of the molecule is Cc1ccc2c(c1)C(=O)C(=O)N2CN1CCN(S(=O)(=O)c2ccc3ccccc3c2)CC1. The third kappa shape index (κ3) is 3.50. The summed E-state index contributed by atoms with van der Waals surface area (Å²) in [6, 6.07) is 18.3. The molecule has 1 amide bonds. The topological polar surface area (TPSA) is 78.0 Å². The van der Waals surface area contributed by atoms with Crippen molar-refractivity contribution in [1.82, 2.24) is 9.21 Å². The highest BCUT2D eigenvalue weighted by Gasteiger charge is 2.37. The van der Waals surface area contributed by atoms with Crippen LogP contribution in [0.15, 0.2) is 65.6 Å². The Morgan fingerprint density at radius 3 is 2.31 bits per heavy atom. The van der Waals surface area contributed by atoms with Crippen molar-refractivity contribution in [3.8, 4) is 0 Å². The molecule has 0 radical (unpaired) electrons. The number of piperazine rings is 1. The lowest BCUT2D eigenvalue weighted by atomic mass is 10.1. The minimum atomic E-state index is -3.61. The maximum Gasteiger partial charge on any atom is 0.300 e. The first-order valence-electron chi connectivity index (χ1n) is 10.5. The number of ketones is 1. The van der Waals surface area contributed by atoms with Gasteiger partial charge in [-0.2, -0.15) is 4.31 Å². The van der Waals surface area contributed by atoms with Gasteiger partial charge in [0.1, 0.15) is 0 Å². The van der Waals surface area contributed by atoms with Gasteiger partial charge in [0.25, 0.3) is 5.78 Å². The number of fused-ring (bicyclic) bond motifs is 2. The van der Waals surface area contributed by atoms with Crippen LogP contribution in [0.1, 0.15) is 15.9 Å². The molecule has 0 N–H and O–H groups in total. The summed E-state index contributed by atoms with van der Waals surface area (Å²) in [7, 11) is -3.61. The van der Waals surface area contributed by atoms with Crippen LogP contribution in [0.25, 0.3) is 10.8 Å². The molecule has 7 nitrogen and oxygen atoms in total.